The van der Waals surface area contributed by atoms with Crippen LogP contribution in [0.1, 0.15) is 12.0 Å². The molecule has 0 saturated heterocycles. The largest absolute Gasteiger partial charge is 0.265 e. The van der Waals surface area contributed by atoms with Gasteiger partial charge in [-0.1, -0.05) is 0 Å². The third-order valence-electron chi connectivity index (χ3n) is 2.14. The number of halogens is 2. The lowest BCUT2D eigenvalue weighted by Gasteiger charge is -2.08. The van der Waals surface area contributed by atoms with Gasteiger partial charge in [0.2, 0.25) is 10.0 Å². The molecule has 1 aromatic heterocycles. The van der Waals surface area contributed by atoms with Crippen molar-refractivity contribution in [3.8, 4) is 0 Å². The predicted molar refractivity (Wildman–Crippen MR) is 73.1 cm³/mol. The quantitative estimate of drug-likeness (QED) is 0.726. The molecule has 0 aliphatic carbocycles. The normalized spacial score (nSPS) is 13.7. The summed E-state index contributed by atoms with van der Waals surface area (Å²) in [7, 11) is -12.8. The average Bonchev–Trinajstić information content (AvgIpc) is 2.73. The number of sulfone groups is 1. The number of sulfonamides is 2. The Balaban J connectivity index is 3.02. The molecule has 1 aromatic rings. The summed E-state index contributed by atoms with van der Waals surface area (Å²) in [5, 5.41) is 1.76. The first-order valence-electron chi connectivity index (χ1n) is 5.12. The van der Waals surface area contributed by atoms with Gasteiger partial charge >= 0.3 is 0 Å². The van der Waals surface area contributed by atoms with E-state index in [9.17, 15) is 34.0 Å². The zero-order chi connectivity index (χ0) is 16.5. The van der Waals surface area contributed by atoms with E-state index in [1.807, 2.05) is 0 Å². The summed E-state index contributed by atoms with van der Waals surface area (Å²) in [4.78, 5) is -0.842. The Kier molecular flexibility index (Phi) is 5.47. The van der Waals surface area contributed by atoms with Crippen molar-refractivity contribution >= 4 is 41.2 Å². The molecule has 0 radical (unpaired) electrons. The van der Waals surface area contributed by atoms with Gasteiger partial charge in [-0.05, 0) is 0 Å². The minimum Gasteiger partial charge on any atom is -0.229 e. The van der Waals surface area contributed by atoms with Crippen LogP contribution in [0, 0.1) is 0 Å². The fourth-order valence-electron chi connectivity index (χ4n) is 1.19. The molecule has 0 aliphatic rings. The highest BCUT2D eigenvalue weighted by atomic mass is 32.3. The minimum atomic E-state index is -4.72. The summed E-state index contributed by atoms with van der Waals surface area (Å²) in [6, 6.07) is 0. The lowest BCUT2D eigenvalue weighted by atomic mass is 10.4. The molecule has 0 aliphatic heterocycles. The van der Waals surface area contributed by atoms with Gasteiger partial charge in [0.05, 0.1) is 11.5 Å². The molecule has 0 atom stereocenters. The molecule has 0 amide bonds. The van der Waals surface area contributed by atoms with E-state index >= 15 is 0 Å². The summed E-state index contributed by atoms with van der Waals surface area (Å²) in [6.07, 6.45) is -2.30. The Morgan fingerprint density at radius 2 is 1.67 bits per heavy atom. The van der Waals surface area contributed by atoms with Crippen LogP contribution >= 0.6 is 11.3 Å². The van der Waals surface area contributed by atoms with Crippen molar-refractivity contribution in [1.82, 2.24) is 4.13 Å². The molecule has 1 N–H and O–H groups in total. The predicted octanol–water partition coefficient (Wildman–Crippen LogP) is 0.338. The second-order valence-corrected chi connectivity index (χ2v) is 10.8. The third kappa shape index (κ3) is 5.58. The molecule has 0 saturated carbocycles. The molecule has 1 rings (SSSR count). The molecule has 21 heavy (non-hydrogen) atoms. The first-order chi connectivity index (χ1) is 9.34. The molecule has 0 spiro atoms. The average molecular weight is 383 g/mol. The van der Waals surface area contributed by atoms with Crippen LogP contribution in [0.4, 0.5) is 8.78 Å². The topological polar surface area (TPSA) is 114 Å². The lowest BCUT2D eigenvalue weighted by Crippen LogP contribution is -2.34. The van der Waals surface area contributed by atoms with E-state index in [0.29, 0.717) is 11.3 Å². The zero-order valence-electron chi connectivity index (χ0n) is 10.5. The van der Waals surface area contributed by atoms with Gasteiger partial charge in [-0.2, -0.15) is 11.3 Å². The maximum Gasteiger partial charge on any atom is 0.265 e. The maximum atomic E-state index is 12.6. The number of hydrogen-bond donors (Lipinski definition) is 1. The van der Waals surface area contributed by atoms with E-state index in [4.69, 9.17) is 0 Å². The molecule has 7 nitrogen and oxygen atoms in total. The first-order valence-corrected chi connectivity index (χ1v) is 11.3. The van der Waals surface area contributed by atoms with Crippen molar-refractivity contribution in [2.24, 2.45) is 0 Å². The van der Waals surface area contributed by atoms with Crippen molar-refractivity contribution in [2.75, 3.05) is 17.8 Å². The van der Waals surface area contributed by atoms with Crippen molar-refractivity contribution < 1.29 is 34.0 Å². The van der Waals surface area contributed by atoms with E-state index in [1.165, 1.54) is 4.13 Å². The summed E-state index contributed by atoms with van der Waals surface area (Å²) in [5.41, 5.74) is -0.814. The van der Waals surface area contributed by atoms with Crippen LogP contribution in [0.25, 0.3) is 0 Å². The summed E-state index contributed by atoms with van der Waals surface area (Å²) < 4.78 is 94.9. The number of hydrogen-bond acceptors (Lipinski definition) is 7. The van der Waals surface area contributed by atoms with E-state index < -0.39 is 58.3 Å². The maximum absolute atomic E-state index is 12.6. The Labute approximate surface area is 125 Å². The fourth-order valence-corrected chi connectivity index (χ4v) is 7.22. The van der Waals surface area contributed by atoms with Crippen LogP contribution in [0.3, 0.4) is 0 Å². The second-order valence-electron chi connectivity index (χ2n) is 4.03. The number of rotatable bonds is 7. The van der Waals surface area contributed by atoms with Crippen LogP contribution in [-0.4, -0.2) is 43.0 Å². The van der Waals surface area contributed by atoms with Gasteiger partial charge in [-0.3, -0.25) is 0 Å². The lowest BCUT2D eigenvalue weighted by molar-refractivity contribution is 0.148. The molecular formula is C8H11F2NO6S4. The van der Waals surface area contributed by atoms with E-state index in [-0.39, 0.29) is 0 Å². The van der Waals surface area contributed by atoms with Crippen LogP contribution < -0.4 is 4.13 Å². The number of alkyl halides is 2. The molecular weight excluding hydrogens is 372 g/mol. The van der Waals surface area contributed by atoms with E-state index in [0.717, 1.165) is 17.0 Å². The van der Waals surface area contributed by atoms with Crippen molar-refractivity contribution in [3.05, 3.63) is 16.3 Å². The van der Waals surface area contributed by atoms with E-state index in [1.54, 1.807) is 0 Å². The Bertz CT molecular complexity index is 809. The SMILES string of the molecule is CS(=O)(=O)CCS(=O)(=O)NS(=O)(=O)c1cscc1C(F)F. The monoisotopic (exact) mass is 383 g/mol. The highest BCUT2D eigenvalue weighted by Crippen LogP contribution is 2.29. The summed E-state index contributed by atoms with van der Waals surface area (Å²) >= 11 is 0.675. The molecule has 0 unspecified atom stereocenters. The van der Waals surface area contributed by atoms with Crippen LogP contribution in [0.2, 0.25) is 0 Å². The van der Waals surface area contributed by atoms with Gasteiger partial charge in [0.1, 0.15) is 14.7 Å². The first kappa shape index (κ1) is 18.4. The highest BCUT2D eigenvalue weighted by molar-refractivity contribution is 8.05. The fraction of sp³-hybridized carbons (Fsp3) is 0.500. The number of thiophene rings is 1. The third-order valence-corrected chi connectivity index (χ3v) is 7.82. The molecule has 1 heterocycles. The molecule has 0 fully saturated rings. The molecule has 13 heteroatoms. The van der Waals surface area contributed by atoms with Gasteiger partial charge < -0.3 is 0 Å². The van der Waals surface area contributed by atoms with Gasteiger partial charge in [0.25, 0.3) is 16.4 Å². The molecule has 0 bridgehead atoms. The van der Waals surface area contributed by atoms with Crippen molar-refractivity contribution in [3.63, 3.8) is 0 Å². The second kappa shape index (κ2) is 6.24. The highest BCUT2D eigenvalue weighted by Gasteiger charge is 2.29. The number of nitrogens with one attached hydrogen (secondary N) is 1. The van der Waals surface area contributed by atoms with Crippen LogP contribution in [0.15, 0.2) is 15.7 Å². The summed E-state index contributed by atoms with van der Waals surface area (Å²) in [6.45, 7) is 0. The smallest absolute Gasteiger partial charge is 0.229 e. The standard InChI is InChI=1S/C8H11F2NO6S4/c1-19(12,13)2-3-20(14,15)11-21(16,17)7-5-18-4-6(7)8(9)10/h4-5,8,11H,2-3H2,1H3. The van der Waals surface area contributed by atoms with Gasteiger partial charge in [0.15, 0.2) is 0 Å². The van der Waals surface area contributed by atoms with Crippen molar-refractivity contribution in [2.45, 2.75) is 11.3 Å². The Morgan fingerprint density at radius 3 is 2.14 bits per heavy atom. The Hall–Kier alpha value is -0.630. The van der Waals surface area contributed by atoms with Gasteiger partial charge in [-0.25, -0.2) is 34.0 Å². The van der Waals surface area contributed by atoms with Gasteiger partial charge in [-0.15, -0.1) is 4.13 Å². The molecule has 0 aromatic carbocycles. The Morgan fingerprint density at radius 1 is 1.10 bits per heavy atom. The zero-order valence-corrected chi connectivity index (χ0v) is 13.8. The minimum absolute atomic E-state index is 0.675. The van der Waals surface area contributed by atoms with E-state index in [2.05, 4.69) is 0 Å². The van der Waals surface area contributed by atoms with Crippen LogP contribution in [0.5, 0.6) is 0 Å². The van der Waals surface area contributed by atoms with Crippen molar-refractivity contribution in [1.29, 1.82) is 0 Å². The summed E-state index contributed by atoms with van der Waals surface area (Å²) in [5.74, 6) is -1.78. The van der Waals surface area contributed by atoms with Gasteiger partial charge in [0, 0.05) is 22.6 Å². The molecule has 122 valence electrons. The van der Waals surface area contributed by atoms with Crippen LogP contribution in [-0.2, 0) is 29.9 Å².